The minimum Gasteiger partial charge on any atom is -0.486 e. The molecule has 2 aromatic rings. The van der Waals surface area contributed by atoms with Crippen LogP contribution in [0.15, 0.2) is 42.5 Å². The second-order valence-corrected chi connectivity index (χ2v) is 8.74. The van der Waals surface area contributed by atoms with E-state index in [-0.39, 0.29) is 11.9 Å². The molecule has 6 nitrogen and oxygen atoms in total. The van der Waals surface area contributed by atoms with Crippen LogP contribution in [-0.4, -0.2) is 68.2 Å². The molecule has 0 spiro atoms. The number of amides is 1. The highest BCUT2D eigenvalue weighted by Crippen LogP contribution is 2.38. The lowest BCUT2D eigenvalue weighted by Gasteiger charge is -2.37. The van der Waals surface area contributed by atoms with Crippen LogP contribution in [-0.2, 0) is 4.79 Å². The summed E-state index contributed by atoms with van der Waals surface area (Å²) in [6.07, 6.45) is 2.20. The highest BCUT2D eigenvalue weighted by atomic mass is 16.6. The van der Waals surface area contributed by atoms with Crippen molar-refractivity contribution in [2.45, 2.75) is 25.8 Å². The lowest BCUT2D eigenvalue weighted by Crippen LogP contribution is -2.51. The Morgan fingerprint density at radius 2 is 1.77 bits per heavy atom. The topological polar surface area (TPSA) is 45.2 Å². The Hall–Kier alpha value is -2.73. The number of hydrogen-bond donors (Lipinski definition) is 0. The average molecular weight is 422 g/mol. The van der Waals surface area contributed by atoms with Gasteiger partial charge in [-0.05, 0) is 61.7 Å². The van der Waals surface area contributed by atoms with Gasteiger partial charge in [-0.15, -0.1) is 0 Å². The Bertz CT molecular complexity index is 939. The van der Waals surface area contributed by atoms with Crippen LogP contribution in [0.5, 0.6) is 11.5 Å². The van der Waals surface area contributed by atoms with E-state index >= 15 is 0 Å². The first-order chi connectivity index (χ1) is 15.2. The van der Waals surface area contributed by atoms with Gasteiger partial charge in [-0.25, -0.2) is 0 Å². The Morgan fingerprint density at radius 3 is 2.58 bits per heavy atom. The SMILES string of the molecule is Cc1cccc(N2CCN(C(=O)CN3CCC[C@H]3c3ccc4c(c3)OCCO4)CC2)c1. The van der Waals surface area contributed by atoms with Crippen molar-refractivity contribution in [1.29, 1.82) is 0 Å². The Kier molecular flexibility index (Phi) is 5.72. The molecule has 0 aliphatic carbocycles. The molecule has 0 unspecified atom stereocenters. The minimum atomic E-state index is 0.244. The number of nitrogens with zero attached hydrogens (tertiary/aromatic N) is 3. The predicted molar refractivity (Wildman–Crippen MR) is 121 cm³/mol. The summed E-state index contributed by atoms with van der Waals surface area (Å²) in [7, 11) is 0. The van der Waals surface area contributed by atoms with Crippen LogP contribution >= 0.6 is 0 Å². The van der Waals surface area contributed by atoms with E-state index in [9.17, 15) is 4.79 Å². The molecule has 0 bridgehead atoms. The number of aryl methyl sites for hydroxylation is 1. The van der Waals surface area contributed by atoms with Crippen LogP contribution in [0, 0.1) is 6.92 Å². The first kappa shape index (κ1) is 20.2. The van der Waals surface area contributed by atoms with Crippen LogP contribution in [0.3, 0.4) is 0 Å². The van der Waals surface area contributed by atoms with Gasteiger partial charge >= 0.3 is 0 Å². The third kappa shape index (κ3) is 4.35. The minimum absolute atomic E-state index is 0.244. The molecule has 0 saturated carbocycles. The van der Waals surface area contributed by atoms with Gasteiger partial charge in [0.15, 0.2) is 11.5 Å². The molecule has 2 saturated heterocycles. The van der Waals surface area contributed by atoms with Crippen molar-refractivity contribution in [1.82, 2.24) is 9.80 Å². The molecular weight excluding hydrogens is 390 g/mol. The van der Waals surface area contributed by atoms with E-state index in [0.717, 1.165) is 57.1 Å². The molecule has 2 fully saturated rings. The number of fused-ring (bicyclic) bond motifs is 1. The van der Waals surface area contributed by atoms with E-state index in [4.69, 9.17) is 9.47 Å². The predicted octanol–water partition coefficient (Wildman–Crippen LogP) is 3.25. The van der Waals surface area contributed by atoms with Crippen molar-refractivity contribution < 1.29 is 14.3 Å². The molecular formula is C25H31N3O3. The van der Waals surface area contributed by atoms with Crippen LogP contribution in [0.4, 0.5) is 5.69 Å². The number of carbonyl (C=O) groups excluding carboxylic acids is 1. The Morgan fingerprint density at radius 1 is 0.968 bits per heavy atom. The molecule has 0 aromatic heterocycles. The summed E-state index contributed by atoms with van der Waals surface area (Å²) >= 11 is 0. The second-order valence-electron chi connectivity index (χ2n) is 8.74. The molecule has 1 atom stereocenters. The van der Waals surface area contributed by atoms with Gasteiger partial charge in [-0.3, -0.25) is 9.69 Å². The fourth-order valence-corrected chi connectivity index (χ4v) is 4.97. The van der Waals surface area contributed by atoms with Crippen LogP contribution in [0.25, 0.3) is 0 Å². The Balaban J connectivity index is 1.19. The molecule has 3 aliphatic heterocycles. The van der Waals surface area contributed by atoms with E-state index in [0.29, 0.717) is 19.8 Å². The monoisotopic (exact) mass is 421 g/mol. The number of likely N-dealkylation sites (tertiary alicyclic amines) is 1. The summed E-state index contributed by atoms with van der Waals surface area (Å²) < 4.78 is 11.4. The van der Waals surface area contributed by atoms with E-state index < -0.39 is 0 Å². The summed E-state index contributed by atoms with van der Waals surface area (Å²) in [6, 6.07) is 15.1. The standard InChI is InChI=1S/C25H31N3O3/c1-19-4-2-5-21(16-19)26-10-12-27(13-11-26)25(29)18-28-9-3-6-22(28)20-7-8-23-24(17-20)31-15-14-30-23/h2,4-5,7-8,16-17,22H,3,6,9-15,18H2,1H3/t22-/m0/s1. The van der Waals surface area contributed by atoms with Crippen molar-refractivity contribution in [2.24, 2.45) is 0 Å². The maximum atomic E-state index is 13.1. The molecule has 0 radical (unpaired) electrons. The largest absolute Gasteiger partial charge is 0.486 e. The van der Waals surface area contributed by atoms with E-state index in [2.05, 4.69) is 53.1 Å². The third-order valence-corrected chi connectivity index (χ3v) is 6.65. The van der Waals surface area contributed by atoms with Crippen molar-refractivity contribution >= 4 is 11.6 Å². The zero-order valence-electron chi connectivity index (χ0n) is 18.3. The lowest BCUT2D eigenvalue weighted by molar-refractivity contribution is -0.133. The van der Waals surface area contributed by atoms with Crippen molar-refractivity contribution in [3.63, 3.8) is 0 Å². The second kappa shape index (κ2) is 8.79. The highest BCUT2D eigenvalue weighted by molar-refractivity contribution is 5.78. The number of ether oxygens (including phenoxy) is 2. The van der Waals surface area contributed by atoms with Crippen LogP contribution in [0.2, 0.25) is 0 Å². The van der Waals surface area contributed by atoms with Crippen molar-refractivity contribution in [3.8, 4) is 11.5 Å². The quantitative estimate of drug-likeness (QED) is 0.758. The number of rotatable bonds is 4. The fourth-order valence-electron chi connectivity index (χ4n) is 4.97. The van der Waals surface area contributed by atoms with Gasteiger partial charge in [0.25, 0.3) is 0 Å². The number of piperazine rings is 1. The molecule has 0 N–H and O–H groups in total. The summed E-state index contributed by atoms with van der Waals surface area (Å²) in [4.78, 5) is 19.8. The smallest absolute Gasteiger partial charge is 0.236 e. The first-order valence-corrected chi connectivity index (χ1v) is 11.4. The van der Waals surface area contributed by atoms with Gasteiger partial charge in [-0.1, -0.05) is 18.2 Å². The average Bonchev–Trinajstić information content (AvgIpc) is 3.27. The molecule has 5 rings (SSSR count). The van der Waals surface area contributed by atoms with E-state index in [1.54, 1.807) is 0 Å². The summed E-state index contributed by atoms with van der Waals surface area (Å²) in [5.74, 6) is 1.89. The Labute approximate surface area is 184 Å². The zero-order valence-corrected chi connectivity index (χ0v) is 18.3. The normalized spacial score (nSPS) is 21.4. The fraction of sp³-hybridized carbons (Fsp3) is 0.480. The van der Waals surface area contributed by atoms with Gasteiger partial charge < -0.3 is 19.3 Å². The van der Waals surface area contributed by atoms with Gasteiger partial charge in [-0.2, -0.15) is 0 Å². The third-order valence-electron chi connectivity index (χ3n) is 6.65. The number of anilines is 1. The summed E-state index contributed by atoms with van der Waals surface area (Å²) in [5.41, 5.74) is 3.75. The number of carbonyl (C=O) groups is 1. The maximum Gasteiger partial charge on any atom is 0.236 e. The first-order valence-electron chi connectivity index (χ1n) is 11.4. The molecule has 31 heavy (non-hydrogen) atoms. The molecule has 3 heterocycles. The zero-order chi connectivity index (χ0) is 21.2. The lowest BCUT2D eigenvalue weighted by atomic mass is 10.0. The van der Waals surface area contributed by atoms with E-state index in [1.165, 1.54) is 16.8 Å². The molecule has 2 aromatic carbocycles. The molecule has 1 amide bonds. The molecule has 3 aliphatic rings. The van der Waals surface area contributed by atoms with Gasteiger partial charge in [0, 0.05) is 37.9 Å². The molecule has 164 valence electrons. The van der Waals surface area contributed by atoms with Gasteiger partial charge in [0.05, 0.1) is 6.54 Å². The number of benzene rings is 2. The van der Waals surface area contributed by atoms with Crippen molar-refractivity contribution in [3.05, 3.63) is 53.6 Å². The van der Waals surface area contributed by atoms with Crippen LogP contribution < -0.4 is 14.4 Å². The van der Waals surface area contributed by atoms with Crippen LogP contribution in [0.1, 0.15) is 30.0 Å². The van der Waals surface area contributed by atoms with Gasteiger partial charge in [0.1, 0.15) is 13.2 Å². The molecule has 6 heteroatoms. The highest BCUT2D eigenvalue weighted by Gasteiger charge is 2.31. The number of hydrogen-bond acceptors (Lipinski definition) is 5. The van der Waals surface area contributed by atoms with Crippen molar-refractivity contribution in [2.75, 3.05) is 57.4 Å². The van der Waals surface area contributed by atoms with Gasteiger partial charge in [0.2, 0.25) is 5.91 Å². The maximum absolute atomic E-state index is 13.1. The summed E-state index contributed by atoms with van der Waals surface area (Å²) in [6.45, 7) is 8.13. The van der Waals surface area contributed by atoms with E-state index in [1.807, 2.05) is 11.0 Å². The summed E-state index contributed by atoms with van der Waals surface area (Å²) in [5, 5.41) is 0.